The molecule has 1 fully saturated rings. The SMILES string of the molecule is NCCC1CCCn2c1nnc2C1CCC1. The molecule has 1 aliphatic carbocycles. The first-order valence-electron chi connectivity index (χ1n) is 6.53. The van der Waals surface area contributed by atoms with Crippen LogP contribution < -0.4 is 5.73 Å². The average Bonchev–Trinajstić information content (AvgIpc) is 2.62. The molecule has 2 aliphatic rings. The van der Waals surface area contributed by atoms with Crippen LogP contribution in [-0.4, -0.2) is 21.3 Å². The van der Waals surface area contributed by atoms with Crippen molar-refractivity contribution in [3.05, 3.63) is 11.6 Å². The quantitative estimate of drug-likeness (QED) is 0.844. The highest BCUT2D eigenvalue weighted by molar-refractivity contribution is 5.10. The molecule has 1 aromatic heterocycles. The van der Waals surface area contributed by atoms with Crippen LogP contribution in [0.3, 0.4) is 0 Å². The zero-order valence-electron chi connectivity index (χ0n) is 9.73. The number of nitrogens with zero attached hydrogens (tertiary/aromatic N) is 3. The molecule has 2 N–H and O–H groups in total. The Bertz CT molecular complexity index is 367. The number of fused-ring (bicyclic) bond motifs is 1. The molecule has 1 unspecified atom stereocenters. The van der Waals surface area contributed by atoms with Crippen molar-refractivity contribution in [1.29, 1.82) is 0 Å². The van der Waals surface area contributed by atoms with Gasteiger partial charge in [0.1, 0.15) is 11.6 Å². The van der Waals surface area contributed by atoms with Gasteiger partial charge >= 0.3 is 0 Å². The Balaban J connectivity index is 1.88. The highest BCUT2D eigenvalue weighted by atomic mass is 15.3. The fourth-order valence-corrected chi connectivity index (χ4v) is 2.93. The van der Waals surface area contributed by atoms with Crippen molar-refractivity contribution < 1.29 is 0 Å². The summed E-state index contributed by atoms with van der Waals surface area (Å²) in [5.41, 5.74) is 5.66. The summed E-state index contributed by atoms with van der Waals surface area (Å²) in [6.45, 7) is 1.88. The lowest BCUT2D eigenvalue weighted by atomic mass is 9.84. The van der Waals surface area contributed by atoms with Gasteiger partial charge in [-0.05, 0) is 38.6 Å². The Morgan fingerprint density at radius 1 is 1.12 bits per heavy atom. The third-order valence-electron chi connectivity index (χ3n) is 4.09. The van der Waals surface area contributed by atoms with Crippen molar-refractivity contribution in [2.45, 2.75) is 56.9 Å². The second-order valence-electron chi connectivity index (χ2n) is 5.11. The molecule has 16 heavy (non-hydrogen) atoms. The zero-order chi connectivity index (χ0) is 11.0. The molecule has 0 bridgehead atoms. The summed E-state index contributed by atoms with van der Waals surface area (Å²) in [6, 6.07) is 0. The molecule has 1 saturated carbocycles. The second-order valence-corrected chi connectivity index (χ2v) is 5.11. The summed E-state index contributed by atoms with van der Waals surface area (Å²) in [5.74, 6) is 3.71. The molecular weight excluding hydrogens is 200 g/mol. The van der Waals surface area contributed by atoms with Gasteiger partial charge in [-0.3, -0.25) is 0 Å². The van der Waals surface area contributed by atoms with Gasteiger partial charge in [-0.2, -0.15) is 0 Å². The minimum Gasteiger partial charge on any atom is -0.330 e. The smallest absolute Gasteiger partial charge is 0.136 e. The molecular formula is C12H20N4. The number of nitrogens with two attached hydrogens (primary N) is 1. The molecule has 1 aliphatic heterocycles. The van der Waals surface area contributed by atoms with E-state index in [2.05, 4.69) is 14.8 Å². The summed E-state index contributed by atoms with van der Waals surface area (Å²) >= 11 is 0. The lowest BCUT2D eigenvalue weighted by molar-refractivity contribution is 0.363. The van der Waals surface area contributed by atoms with Crippen LogP contribution >= 0.6 is 0 Å². The number of hydrogen-bond donors (Lipinski definition) is 1. The van der Waals surface area contributed by atoms with E-state index in [9.17, 15) is 0 Å². The van der Waals surface area contributed by atoms with Gasteiger partial charge in [0.25, 0.3) is 0 Å². The molecule has 0 amide bonds. The van der Waals surface area contributed by atoms with Crippen molar-refractivity contribution in [1.82, 2.24) is 14.8 Å². The number of hydrogen-bond acceptors (Lipinski definition) is 3. The highest BCUT2D eigenvalue weighted by Gasteiger charge is 2.30. The Hall–Kier alpha value is -0.900. The summed E-state index contributed by atoms with van der Waals surface area (Å²) in [7, 11) is 0. The van der Waals surface area contributed by atoms with Crippen LogP contribution in [0.5, 0.6) is 0 Å². The maximum atomic E-state index is 5.66. The van der Waals surface area contributed by atoms with Crippen LogP contribution in [0, 0.1) is 0 Å². The first-order valence-corrected chi connectivity index (χ1v) is 6.53. The van der Waals surface area contributed by atoms with E-state index >= 15 is 0 Å². The van der Waals surface area contributed by atoms with Crippen molar-refractivity contribution >= 4 is 0 Å². The minimum atomic E-state index is 0.556. The molecule has 0 saturated heterocycles. The van der Waals surface area contributed by atoms with Gasteiger partial charge in [0, 0.05) is 18.4 Å². The van der Waals surface area contributed by atoms with Crippen LogP contribution in [0.4, 0.5) is 0 Å². The van der Waals surface area contributed by atoms with Gasteiger partial charge in [-0.15, -0.1) is 10.2 Å². The van der Waals surface area contributed by atoms with Crippen LogP contribution in [-0.2, 0) is 6.54 Å². The highest BCUT2D eigenvalue weighted by Crippen LogP contribution is 2.38. The standard InChI is InChI=1S/C12H20N4/c13-7-6-10-5-2-8-16-11(9-3-1-4-9)14-15-12(10)16/h9-10H,1-8,13H2. The van der Waals surface area contributed by atoms with Crippen molar-refractivity contribution in [2.75, 3.05) is 6.54 Å². The van der Waals surface area contributed by atoms with E-state index in [1.165, 1.54) is 43.8 Å². The summed E-state index contributed by atoms with van der Waals surface area (Å²) < 4.78 is 2.38. The van der Waals surface area contributed by atoms with E-state index in [0.717, 1.165) is 19.5 Å². The molecule has 3 rings (SSSR count). The van der Waals surface area contributed by atoms with Crippen molar-refractivity contribution in [2.24, 2.45) is 5.73 Å². The monoisotopic (exact) mass is 220 g/mol. The van der Waals surface area contributed by atoms with Crippen LogP contribution in [0.25, 0.3) is 0 Å². The number of aromatic nitrogens is 3. The molecule has 1 aromatic rings. The first-order chi connectivity index (χ1) is 7.90. The fourth-order valence-electron chi connectivity index (χ4n) is 2.93. The molecule has 0 aromatic carbocycles. The first kappa shape index (κ1) is 10.3. The molecule has 4 nitrogen and oxygen atoms in total. The van der Waals surface area contributed by atoms with Gasteiger partial charge in [-0.25, -0.2) is 0 Å². The largest absolute Gasteiger partial charge is 0.330 e. The van der Waals surface area contributed by atoms with Gasteiger partial charge in [-0.1, -0.05) is 6.42 Å². The third-order valence-corrected chi connectivity index (χ3v) is 4.09. The maximum absolute atomic E-state index is 5.66. The average molecular weight is 220 g/mol. The lowest BCUT2D eigenvalue weighted by Crippen LogP contribution is -2.22. The van der Waals surface area contributed by atoms with E-state index in [0.29, 0.717) is 11.8 Å². The maximum Gasteiger partial charge on any atom is 0.136 e. The third kappa shape index (κ3) is 1.56. The minimum absolute atomic E-state index is 0.556. The molecule has 0 spiro atoms. The van der Waals surface area contributed by atoms with E-state index < -0.39 is 0 Å². The lowest BCUT2D eigenvalue weighted by Gasteiger charge is -2.28. The molecule has 4 heteroatoms. The summed E-state index contributed by atoms with van der Waals surface area (Å²) in [6.07, 6.45) is 7.52. The van der Waals surface area contributed by atoms with Gasteiger partial charge < -0.3 is 10.3 Å². The predicted molar refractivity (Wildman–Crippen MR) is 62.3 cm³/mol. The Morgan fingerprint density at radius 2 is 1.94 bits per heavy atom. The summed E-state index contributed by atoms with van der Waals surface area (Å²) in [5, 5.41) is 8.84. The van der Waals surface area contributed by atoms with Crippen LogP contribution in [0.1, 0.15) is 62.0 Å². The Morgan fingerprint density at radius 3 is 2.62 bits per heavy atom. The van der Waals surface area contributed by atoms with E-state index in [1.54, 1.807) is 0 Å². The Kier molecular flexibility index (Phi) is 2.67. The molecule has 0 radical (unpaired) electrons. The second kappa shape index (κ2) is 4.17. The molecule has 2 heterocycles. The fraction of sp³-hybridized carbons (Fsp3) is 0.833. The number of rotatable bonds is 3. The summed E-state index contributed by atoms with van der Waals surface area (Å²) in [4.78, 5) is 0. The predicted octanol–water partition coefficient (Wildman–Crippen LogP) is 1.77. The van der Waals surface area contributed by atoms with E-state index in [4.69, 9.17) is 5.73 Å². The molecule has 1 atom stereocenters. The normalized spacial score (nSPS) is 25.2. The van der Waals surface area contributed by atoms with E-state index in [-0.39, 0.29) is 0 Å². The zero-order valence-corrected chi connectivity index (χ0v) is 9.73. The van der Waals surface area contributed by atoms with Gasteiger partial charge in [0.05, 0.1) is 0 Å². The van der Waals surface area contributed by atoms with Crippen LogP contribution in [0.15, 0.2) is 0 Å². The van der Waals surface area contributed by atoms with Crippen molar-refractivity contribution in [3.8, 4) is 0 Å². The van der Waals surface area contributed by atoms with E-state index in [1.807, 2.05) is 0 Å². The van der Waals surface area contributed by atoms with Gasteiger partial charge in [0.15, 0.2) is 0 Å². The van der Waals surface area contributed by atoms with Gasteiger partial charge in [0.2, 0.25) is 0 Å². The van der Waals surface area contributed by atoms with Crippen molar-refractivity contribution in [3.63, 3.8) is 0 Å². The topological polar surface area (TPSA) is 56.7 Å². The Labute approximate surface area is 96.2 Å². The van der Waals surface area contributed by atoms with Crippen LogP contribution in [0.2, 0.25) is 0 Å². The molecule has 88 valence electrons.